The summed E-state index contributed by atoms with van der Waals surface area (Å²) in [6.07, 6.45) is 1.65. The third kappa shape index (κ3) is 2.83. The molecule has 0 radical (unpaired) electrons. The van der Waals surface area contributed by atoms with Gasteiger partial charge in [-0.3, -0.25) is 9.89 Å². The second-order valence-corrected chi connectivity index (χ2v) is 5.75. The van der Waals surface area contributed by atoms with Gasteiger partial charge in [0.05, 0.1) is 12.0 Å². The van der Waals surface area contributed by atoms with Crippen molar-refractivity contribution in [2.24, 2.45) is 0 Å². The molecule has 3 aromatic rings. The Morgan fingerprint density at radius 3 is 2.95 bits per heavy atom. The summed E-state index contributed by atoms with van der Waals surface area (Å²) in [7, 11) is 0. The Hall–Kier alpha value is -2.70. The zero-order valence-corrected chi connectivity index (χ0v) is 12.7. The average Bonchev–Trinajstić information content (AvgIpc) is 3.06. The topological polar surface area (TPSA) is 96.7 Å². The molecular formula is C15H17N5O2. The van der Waals surface area contributed by atoms with Gasteiger partial charge in [-0.25, -0.2) is 9.97 Å². The smallest absolute Gasteiger partial charge is 0.225 e. The summed E-state index contributed by atoms with van der Waals surface area (Å²) in [5, 5.41) is 9.84. The van der Waals surface area contributed by atoms with E-state index in [9.17, 15) is 4.79 Å². The quantitative estimate of drug-likeness (QED) is 0.766. The molecule has 0 unspecified atom stereocenters. The number of nitrogens with one attached hydrogen (secondary N) is 2. The fourth-order valence-corrected chi connectivity index (χ4v) is 2.27. The molecule has 0 saturated heterocycles. The number of fused-ring (bicyclic) bond motifs is 1. The minimum Gasteiger partial charge on any atom is -0.443 e. The van der Waals surface area contributed by atoms with Crippen molar-refractivity contribution >= 4 is 17.0 Å². The molecule has 2 aromatic heterocycles. The van der Waals surface area contributed by atoms with Gasteiger partial charge in [0.25, 0.3) is 0 Å². The van der Waals surface area contributed by atoms with Crippen molar-refractivity contribution in [3.8, 4) is 0 Å². The molecule has 0 fully saturated rings. The van der Waals surface area contributed by atoms with Crippen LogP contribution in [0.15, 0.2) is 29.0 Å². The zero-order chi connectivity index (χ0) is 15.7. The molecule has 7 heteroatoms. The van der Waals surface area contributed by atoms with E-state index in [2.05, 4.69) is 25.5 Å². The van der Waals surface area contributed by atoms with E-state index in [0.29, 0.717) is 17.2 Å². The highest BCUT2D eigenvalue weighted by molar-refractivity contribution is 5.81. The second-order valence-electron chi connectivity index (χ2n) is 5.75. The lowest BCUT2D eigenvalue weighted by Crippen LogP contribution is -2.42. The SMILES string of the molecule is Cc1nc(C(C)(C)NC(=O)Cc2ccc3ocnc3c2)n[nH]1. The molecule has 0 spiro atoms. The van der Waals surface area contributed by atoms with Gasteiger partial charge in [0, 0.05) is 0 Å². The Bertz CT molecular complexity index is 818. The third-order valence-electron chi connectivity index (χ3n) is 3.37. The van der Waals surface area contributed by atoms with Crippen LogP contribution in [0.2, 0.25) is 0 Å². The maximum absolute atomic E-state index is 12.3. The van der Waals surface area contributed by atoms with Crippen molar-refractivity contribution in [2.75, 3.05) is 0 Å². The summed E-state index contributed by atoms with van der Waals surface area (Å²) in [6.45, 7) is 5.56. The van der Waals surface area contributed by atoms with Gasteiger partial charge in [-0.15, -0.1) is 0 Å². The molecular weight excluding hydrogens is 282 g/mol. The number of carbonyl (C=O) groups excluding carboxylic acids is 1. The largest absolute Gasteiger partial charge is 0.443 e. The summed E-state index contributed by atoms with van der Waals surface area (Å²) in [4.78, 5) is 20.6. The minimum absolute atomic E-state index is 0.102. The van der Waals surface area contributed by atoms with E-state index in [0.717, 1.165) is 11.1 Å². The molecule has 0 atom stereocenters. The maximum atomic E-state index is 12.3. The van der Waals surface area contributed by atoms with Crippen LogP contribution in [0.25, 0.3) is 11.1 Å². The summed E-state index contributed by atoms with van der Waals surface area (Å²) >= 11 is 0. The van der Waals surface area contributed by atoms with Crippen LogP contribution < -0.4 is 5.32 Å². The number of aromatic nitrogens is 4. The number of hydrogen-bond acceptors (Lipinski definition) is 5. The van der Waals surface area contributed by atoms with Gasteiger partial charge < -0.3 is 9.73 Å². The van der Waals surface area contributed by atoms with Crippen LogP contribution in [0, 0.1) is 6.92 Å². The van der Waals surface area contributed by atoms with Crippen LogP contribution in [0.4, 0.5) is 0 Å². The monoisotopic (exact) mass is 299 g/mol. The van der Waals surface area contributed by atoms with E-state index >= 15 is 0 Å². The lowest BCUT2D eigenvalue weighted by molar-refractivity contribution is -0.122. The van der Waals surface area contributed by atoms with Crippen LogP contribution in [-0.4, -0.2) is 26.1 Å². The van der Waals surface area contributed by atoms with E-state index in [1.807, 2.05) is 39.0 Å². The average molecular weight is 299 g/mol. The van der Waals surface area contributed by atoms with Gasteiger partial charge in [-0.1, -0.05) is 6.07 Å². The van der Waals surface area contributed by atoms with Gasteiger partial charge in [0.2, 0.25) is 5.91 Å². The van der Waals surface area contributed by atoms with E-state index in [1.165, 1.54) is 6.39 Å². The van der Waals surface area contributed by atoms with Gasteiger partial charge >= 0.3 is 0 Å². The number of H-pyrrole nitrogens is 1. The number of oxazole rings is 1. The molecule has 1 aromatic carbocycles. The minimum atomic E-state index is -0.639. The predicted molar refractivity (Wildman–Crippen MR) is 80.0 cm³/mol. The van der Waals surface area contributed by atoms with Crippen LogP contribution >= 0.6 is 0 Å². The Morgan fingerprint density at radius 1 is 1.41 bits per heavy atom. The first kappa shape index (κ1) is 14.2. The highest BCUT2D eigenvalue weighted by atomic mass is 16.3. The summed E-state index contributed by atoms with van der Waals surface area (Å²) in [6, 6.07) is 5.52. The van der Waals surface area contributed by atoms with E-state index in [4.69, 9.17) is 4.42 Å². The van der Waals surface area contributed by atoms with Crippen molar-refractivity contribution in [1.29, 1.82) is 0 Å². The third-order valence-corrected chi connectivity index (χ3v) is 3.37. The van der Waals surface area contributed by atoms with E-state index < -0.39 is 5.54 Å². The summed E-state index contributed by atoms with van der Waals surface area (Å²) in [5.74, 6) is 1.18. The fourth-order valence-electron chi connectivity index (χ4n) is 2.27. The first-order valence-corrected chi connectivity index (χ1v) is 6.97. The van der Waals surface area contributed by atoms with Gasteiger partial charge in [0.1, 0.15) is 11.3 Å². The first-order chi connectivity index (χ1) is 10.4. The van der Waals surface area contributed by atoms with Gasteiger partial charge in [-0.2, -0.15) is 5.10 Å². The van der Waals surface area contributed by atoms with Gasteiger partial charge in [-0.05, 0) is 38.5 Å². The summed E-state index contributed by atoms with van der Waals surface area (Å²) in [5.41, 5.74) is 1.69. The first-order valence-electron chi connectivity index (χ1n) is 6.97. The highest BCUT2D eigenvalue weighted by Gasteiger charge is 2.27. The number of aromatic amines is 1. The Morgan fingerprint density at radius 2 is 2.23 bits per heavy atom. The Labute approximate surface area is 127 Å². The molecule has 7 nitrogen and oxygen atoms in total. The van der Waals surface area contributed by atoms with Gasteiger partial charge in [0.15, 0.2) is 17.8 Å². The van der Waals surface area contributed by atoms with E-state index in [-0.39, 0.29) is 12.3 Å². The molecule has 1 amide bonds. The number of nitrogens with zero attached hydrogens (tertiary/aromatic N) is 3. The molecule has 2 N–H and O–H groups in total. The number of hydrogen-bond donors (Lipinski definition) is 2. The van der Waals surface area contributed by atoms with Crippen molar-refractivity contribution in [1.82, 2.24) is 25.5 Å². The van der Waals surface area contributed by atoms with Crippen molar-refractivity contribution in [3.05, 3.63) is 41.8 Å². The zero-order valence-electron chi connectivity index (χ0n) is 12.7. The number of rotatable bonds is 4. The molecule has 2 heterocycles. The number of amides is 1. The van der Waals surface area contributed by atoms with E-state index in [1.54, 1.807) is 0 Å². The molecule has 0 saturated carbocycles. The van der Waals surface area contributed by atoms with Crippen LogP contribution in [0.3, 0.4) is 0 Å². The number of benzene rings is 1. The predicted octanol–water partition coefficient (Wildman–Crippen LogP) is 1.85. The Balaban J connectivity index is 1.71. The van der Waals surface area contributed by atoms with Crippen LogP contribution in [0.1, 0.15) is 31.1 Å². The van der Waals surface area contributed by atoms with Crippen molar-refractivity contribution in [3.63, 3.8) is 0 Å². The number of carbonyl (C=O) groups is 1. The molecule has 0 bridgehead atoms. The van der Waals surface area contributed by atoms with Crippen molar-refractivity contribution < 1.29 is 9.21 Å². The lowest BCUT2D eigenvalue weighted by atomic mass is 10.0. The fraction of sp³-hybridized carbons (Fsp3) is 0.333. The molecule has 114 valence electrons. The van der Waals surface area contributed by atoms with Crippen LogP contribution in [0.5, 0.6) is 0 Å². The second kappa shape index (κ2) is 5.25. The summed E-state index contributed by atoms with van der Waals surface area (Å²) < 4.78 is 5.19. The molecule has 0 aliphatic carbocycles. The van der Waals surface area contributed by atoms with Crippen LogP contribution in [-0.2, 0) is 16.8 Å². The lowest BCUT2D eigenvalue weighted by Gasteiger charge is -2.22. The van der Waals surface area contributed by atoms with Crippen molar-refractivity contribution in [2.45, 2.75) is 32.7 Å². The molecule has 22 heavy (non-hydrogen) atoms. The maximum Gasteiger partial charge on any atom is 0.225 e. The molecule has 0 aliphatic rings. The molecule has 0 aliphatic heterocycles. The highest BCUT2D eigenvalue weighted by Crippen LogP contribution is 2.17. The molecule has 3 rings (SSSR count). The normalized spacial score (nSPS) is 11.8. The number of aryl methyl sites for hydroxylation is 1. The Kier molecular flexibility index (Phi) is 3.40. The standard InChI is InChI=1S/C15H17N5O2/c1-9-17-14(20-19-9)15(2,3)18-13(21)7-10-4-5-12-11(6-10)16-8-22-12/h4-6,8H,7H2,1-3H3,(H,18,21)(H,17,19,20).